The first-order valence-electron chi connectivity index (χ1n) is 9.53. The fourth-order valence-electron chi connectivity index (χ4n) is 3.89. The average molecular weight is 441 g/mol. The number of piperidine rings is 1. The van der Waals surface area contributed by atoms with Gasteiger partial charge >= 0.3 is 6.61 Å². The topological polar surface area (TPSA) is 59.5 Å². The maximum Gasteiger partial charge on any atom is 0.387 e. The normalized spacial score (nSPS) is 18.6. The van der Waals surface area contributed by atoms with E-state index in [4.69, 9.17) is 0 Å². The van der Waals surface area contributed by atoms with Crippen molar-refractivity contribution < 1.29 is 21.9 Å². The van der Waals surface area contributed by atoms with Gasteiger partial charge in [-0.3, -0.25) is 0 Å². The third-order valence-electron chi connectivity index (χ3n) is 5.41. The van der Waals surface area contributed by atoms with E-state index in [1.54, 1.807) is 33.9 Å². The Balaban J connectivity index is 1.47. The van der Waals surface area contributed by atoms with Gasteiger partial charge in [0.05, 0.1) is 9.91 Å². The van der Waals surface area contributed by atoms with Crippen molar-refractivity contribution in [1.82, 2.24) is 9.29 Å². The van der Waals surface area contributed by atoms with Crippen molar-refractivity contribution in [2.24, 2.45) is 0 Å². The molecule has 2 heterocycles. The van der Waals surface area contributed by atoms with Crippen molar-refractivity contribution in [3.63, 3.8) is 0 Å². The van der Waals surface area contributed by atoms with Crippen molar-refractivity contribution in [2.45, 2.75) is 45.1 Å². The molecule has 1 aliphatic carbocycles. The van der Waals surface area contributed by atoms with Gasteiger partial charge in [-0.25, -0.2) is 13.4 Å². The van der Waals surface area contributed by atoms with Crippen LogP contribution in [0.2, 0.25) is 0 Å². The number of allylic oxidation sites excluding steroid dienone is 1. The van der Waals surface area contributed by atoms with Gasteiger partial charge in [-0.1, -0.05) is 6.07 Å². The maximum absolute atomic E-state index is 13.1. The minimum absolute atomic E-state index is 0.0953. The highest BCUT2D eigenvalue weighted by Gasteiger charge is 2.33. The molecule has 1 aliphatic heterocycles. The Morgan fingerprint density at radius 2 is 2.00 bits per heavy atom. The number of hydrogen-bond acceptors (Lipinski definition) is 5. The summed E-state index contributed by atoms with van der Waals surface area (Å²) in [7, 11) is -3.53. The lowest BCUT2D eigenvalue weighted by Gasteiger charge is -2.31. The molecule has 0 bridgehead atoms. The Kier molecular flexibility index (Phi) is 5.72. The summed E-state index contributed by atoms with van der Waals surface area (Å²) in [5.74, 6) is 0.410. The molecule has 0 radical (unpaired) electrons. The SMILES string of the molecule is Cc1csc(C2CCN(S(=O)(=O)C3=Cc4ccc(OC(F)F)cc4CC3)CC2)n1. The number of alkyl halides is 2. The summed E-state index contributed by atoms with van der Waals surface area (Å²) in [4.78, 5) is 4.93. The summed E-state index contributed by atoms with van der Waals surface area (Å²) in [6, 6.07) is 4.64. The molecular weight excluding hydrogens is 418 g/mol. The number of benzene rings is 1. The minimum Gasteiger partial charge on any atom is -0.435 e. The molecule has 2 aliphatic rings. The number of fused-ring (bicyclic) bond motifs is 1. The van der Waals surface area contributed by atoms with Crippen LogP contribution in [0.3, 0.4) is 0 Å². The molecule has 0 unspecified atom stereocenters. The van der Waals surface area contributed by atoms with Crippen LogP contribution >= 0.6 is 11.3 Å². The standard InChI is InChI=1S/C20H22F2N2O3S2/c1-13-12-28-19(23-13)14-6-8-24(9-7-14)29(25,26)18-5-3-15-10-17(27-20(21)22)4-2-16(15)11-18/h2,4,10-12,14,20H,3,5-9H2,1H3. The summed E-state index contributed by atoms with van der Waals surface area (Å²) in [5, 5.41) is 3.12. The Labute approximate surface area is 173 Å². The molecular formula is C20H22F2N2O3S2. The number of rotatable bonds is 5. The zero-order valence-corrected chi connectivity index (χ0v) is 17.6. The molecule has 1 aromatic carbocycles. The third-order valence-corrected chi connectivity index (χ3v) is 8.56. The Hall–Kier alpha value is -1.84. The maximum atomic E-state index is 13.1. The van der Waals surface area contributed by atoms with E-state index in [9.17, 15) is 17.2 Å². The van der Waals surface area contributed by atoms with Crippen molar-refractivity contribution in [3.8, 4) is 5.75 Å². The predicted octanol–water partition coefficient (Wildman–Crippen LogP) is 4.55. The summed E-state index contributed by atoms with van der Waals surface area (Å²) < 4.78 is 57.0. The highest BCUT2D eigenvalue weighted by Crippen LogP contribution is 2.35. The molecule has 0 saturated carbocycles. The van der Waals surface area contributed by atoms with E-state index < -0.39 is 16.6 Å². The summed E-state index contributed by atoms with van der Waals surface area (Å²) in [6.07, 6.45) is 4.04. The largest absolute Gasteiger partial charge is 0.435 e. The average Bonchev–Trinajstić information content (AvgIpc) is 3.13. The van der Waals surface area contributed by atoms with Crippen molar-refractivity contribution >= 4 is 27.4 Å². The monoisotopic (exact) mass is 440 g/mol. The summed E-state index contributed by atoms with van der Waals surface area (Å²) >= 11 is 1.64. The number of nitrogens with zero attached hydrogens (tertiary/aromatic N) is 2. The Bertz CT molecular complexity index is 1030. The summed E-state index contributed by atoms with van der Waals surface area (Å²) in [5.41, 5.74) is 2.57. The molecule has 5 nitrogen and oxygen atoms in total. The number of thiazole rings is 1. The first-order valence-corrected chi connectivity index (χ1v) is 11.9. The lowest BCUT2D eigenvalue weighted by Crippen LogP contribution is -2.38. The van der Waals surface area contributed by atoms with Crippen molar-refractivity contribution in [1.29, 1.82) is 0 Å². The van der Waals surface area contributed by atoms with Gasteiger partial charge in [0.2, 0.25) is 10.0 Å². The van der Waals surface area contributed by atoms with Crippen LogP contribution < -0.4 is 4.74 Å². The molecule has 0 spiro atoms. The van der Waals surface area contributed by atoms with E-state index >= 15 is 0 Å². The highest BCUT2D eigenvalue weighted by molar-refractivity contribution is 7.93. The van der Waals surface area contributed by atoms with E-state index in [2.05, 4.69) is 9.72 Å². The van der Waals surface area contributed by atoms with Crippen LogP contribution in [0.1, 0.15) is 47.0 Å². The third kappa shape index (κ3) is 4.36. The van der Waals surface area contributed by atoms with E-state index in [1.807, 2.05) is 12.3 Å². The lowest BCUT2D eigenvalue weighted by atomic mass is 9.97. The van der Waals surface area contributed by atoms with Gasteiger partial charge in [0.15, 0.2) is 0 Å². The molecule has 29 heavy (non-hydrogen) atoms. The van der Waals surface area contributed by atoms with Gasteiger partial charge in [0, 0.05) is 30.1 Å². The second kappa shape index (κ2) is 8.12. The molecule has 1 aromatic heterocycles. The number of aromatic nitrogens is 1. The fourth-order valence-corrected chi connectivity index (χ4v) is 6.52. The lowest BCUT2D eigenvalue weighted by molar-refractivity contribution is -0.0498. The zero-order valence-electron chi connectivity index (χ0n) is 16.0. The van der Waals surface area contributed by atoms with E-state index in [0.29, 0.717) is 36.8 Å². The second-order valence-corrected chi connectivity index (χ2v) is 10.2. The molecule has 4 rings (SSSR count). The van der Waals surface area contributed by atoms with E-state index in [1.165, 1.54) is 6.07 Å². The Morgan fingerprint density at radius 3 is 2.66 bits per heavy atom. The van der Waals surface area contributed by atoms with Crippen molar-refractivity contribution in [2.75, 3.05) is 13.1 Å². The number of ether oxygens (including phenoxy) is 1. The molecule has 1 saturated heterocycles. The first kappa shape index (κ1) is 20.4. The molecule has 0 atom stereocenters. The second-order valence-electron chi connectivity index (χ2n) is 7.36. The van der Waals surface area contributed by atoms with Gasteiger partial charge in [-0.05, 0) is 61.9 Å². The predicted molar refractivity (Wildman–Crippen MR) is 109 cm³/mol. The molecule has 0 amide bonds. The molecule has 2 aromatic rings. The molecule has 156 valence electrons. The van der Waals surface area contributed by atoms with Crippen LogP contribution in [0.15, 0.2) is 28.5 Å². The molecule has 0 N–H and O–H groups in total. The van der Waals surface area contributed by atoms with Gasteiger partial charge in [0.25, 0.3) is 0 Å². The minimum atomic E-state index is -3.53. The van der Waals surface area contributed by atoms with E-state index in [-0.39, 0.29) is 5.75 Å². The van der Waals surface area contributed by atoms with E-state index in [0.717, 1.165) is 34.7 Å². The van der Waals surface area contributed by atoms with Gasteiger partial charge in [-0.15, -0.1) is 11.3 Å². The first-order chi connectivity index (χ1) is 13.8. The number of halogens is 2. The zero-order chi connectivity index (χ0) is 20.6. The molecule has 9 heteroatoms. The number of hydrogen-bond donors (Lipinski definition) is 0. The van der Waals surface area contributed by atoms with Crippen LogP contribution in [0.25, 0.3) is 6.08 Å². The van der Waals surface area contributed by atoms with Crippen LogP contribution in [0.5, 0.6) is 5.75 Å². The van der Waals surface area contributed by atoms with Gasteiger partial charge in [-0.2, -0.15) is 13.1 Å². The fraction of sp³-hybridized carbons (Fsp3) is 0.450. The number of aryl methyl sites for hydroxylation is 2. The van der Waals surface area contributed by atoms with Crippen LogP contribution in [-0.4, -0.2) is 37.4 Å². The highest BCUT2D eigenvalue weighted by atomic mass is 32.2. The number of sulfonamides is 1. The van der Waals surface area contributed by atoms with Gasteiger partial charge < -0.3 is 4.74 Å². The smallest absolute Gasteiger partial charge is 0.387 e. The Morgan fingerprint density at radius 1 is 1.24 bits per heavy atom. The van der Waals surface area contributed by atoms with Gasteiger partial charge in [0.1, 0.15) is 5.75 Å². The summed E-state index contributed by atoms with van der Waals surface area (Å²) in [6.45, 7) is 0.0585. The van der Waals surface area contributed by atoms with Crippen LogP contribution in [-0.2, 0) is 16.4 Å². The molecule has 1 fully saturated rings. The quantitative estimate of drug-likeness (QED) is 0.685. The van der Waals surface area contributed by atoms with Crippen LogP contribution in [0, 0.1) is 6.92 Å². The van der Waals surface area contributed by atoms with Crippen LogP contribution in [0.4, 0.5) is 8.78 Å². The van der Waals surface area contributed by atoms with Crippen molar-refractivity contribution in [3.05, 3.63) is 50.3 Å².